The van der Waals surface area contributed by atoms with Crippen molar-refractivity contribution in [3.05, 3.63) is 30.5 Å². The van der Waals surface area contributed by atoms with Crippen molar-refractivity contribution in [2.45, 2.75) is 31.5 Å². The third kappa shape index (κ3) is 3.49. The molecule has 1 unspecified atom stereocenters. The molecule has 8 heteroatoms. The highest BCUT2D eigenvalue weighted by Gasteiger charge is 2.35. The van der Waals surface area contributed by atoms with Gasteiger partial charge in [-0.3, -0.25) is 0 Å². The van der Waals surface area contributed by atoms with Crippen LogP contribution in [0, 0.1) is 0 Å². The molecule has 0 saturated carbocycles. The topological polar surface area (TPSA) is 91.0 Å². The molecule has 2 aromatic heterocycles. The van der Waals surface area contributed by atoms with Crippen LogP contribution in [0.3, 0.4) is 0 Å². The third-order valence-corrected chi connectivity index (χ3v) is 4.43. The van der Waals surface area contributed by atoms with Crippen LogP contribution in [0.4, 0.5) is 11.8 Å². The van der Waals surface area contributed by atoms with Crippen molar-refractivity contribution < 1.29 is 4.74 Å². The molecule has 1 aliphatic heterocycles. The molecule has 0 amide bonds. The predicted molar refractivity (Wildman–Crippen MR) is 93.1 cm³/mol. The summed E-state index contributed by atoms with van der Waals surface area (Å²) in [6.07, 6.45) is 6.47. The molecule has 24 heavy (non-hydrogen) atoms. The molecule has 3 heterocycles. The molecule has 3 N–H and O–H groups in total. The lowest BCUT2D eigenvalue weighted by molar-refractivity contribution is 0.0924. The van der Waals surface area contributed by atoms with Crippen LogP contribution in [-0.2, 0) is 4.74 Å². The summed E-state index contributed by atoms with van der Waals surface area (Å²) in [7, 11) is 3.58. The Bertz CT molecular complexity index is 633. The second kappa shape index (κ2) is 7.59. The maximum atomic E-state index is 5.70. The van der Waals surface area contributed by atoms with E-state index in [-0.39, 0.29) is 18.2 Å². The number of hydrogen-bond donors (Lipinski definition) is 3. The van der Waals surface area contributed by atoms with E-state index in [2.05, 4.69) is 42.4 Å². The standard InChI is InChI=1S/C16H25N7O/c1-4-11(15-18-7-8-19-15)21-12-9-23(10-13(12)24-3)14-5-6-20-16(17-2)22-14/h5-8,11-13,21H,4,9-10H2,1-3H3,(H,18,19)(H,17,20,22)/t11?,12-,13+/m1/s1. The molecular weight excluding hydrogens is 306 g/mol. The monoisotopic (exact) mass is 331 g/mol. The number of aromatic amines is 1. The van der Waals surface area contributed by atoms with Crippen molar-refractivity contribution in [3.8, 4) is 0 Å². The fraction of sp³-hybridized carbons (Fsp3) is 0.562. The fourth-order valence-corrected chi connectivity index (χ4v) is 3.12. The molecule has 0 radical (unpaired) electrons. The number of anilines is 2. The van der Waals surface area contributed by atoms with Crippen LogP contribution >= 0.6 is 0 Å². The highest BCUT2D eigenvalue weighted by atomic mass is 16.5. The maximum Gasteiger partial charge on any atom is 0.224 e. The summed E-state index contributed by atoms with van der Waals surface area (Å²) in [5.41, 5.74) is 0. The molecule has 0 aromatic carbocycles. The van der Waals surface area contributed by atoms with Gasteiger partial charge in [0, 0.05) is 45.8 Å². The zero-order valence-corrected chi connectivity index (χ0v) is 14.4. The van der Waals surface area contributed by atoms with Crippen molar-refractivity contribution >= 4 is 11.8 Å². The van der Waals surface area contributed by atoms with Crippen molar-refractivity contribution in [2.75, 3.05) is 37.5 Å². The van der Waals surface area contributed by atoms with Gasteiger partial charge in [-0.05, 0) is 12.5 Å². The second-order valence-corrected chi connectivity index (χ2v) is 5.88. The zero-order valence-electron chi connectivity index (χ0n) is 14.4. The Kier molecular flexibility index (Phi) is 5.27. The first kappa shape index (κ1) is 16.7. The third-order valence-electron chi connectivity index (χ3n) is 4.43. The minimum atomic E-state index is 0.0991. The summed E-state index contributed by atoms with van der Waals surface area (Å²) in [6, 6.07) is 2.32. The van der Waals surface area contributed by atoms with Crippen molar-refractivity contribution in [1.82, 2.24) is 25.3 Å². The van der Waals surface area contributed by atoms with Gasteiger partial charge in [0.15, 0.2) is 0 Å². The number of methoxy groups -OCH3 is 1. The average molecular weight is 331 g/mol. The number of aromatic nitrogens is 4. The van der Waals surface area contributed by atoms with Crippen LogP contribution in [0.25, 0.3) is 0 Å². The molecular formula is C16H25N7O. The number of imidazole rings is 1. The molecule has 3 atom stereocenters. The van der Waals surface area contributed by atoms with E-state index in [4.69, 9.17) is 4.74 Å². The number of nitrogens with one attached hydrogen (secondary N) is 3. The summed E-state index contributed by atoms with van der Waals surface area (Å²) in [4.78, 5) is 18.5. The Balaban J connectivity index is 1.72. The van der Waals surface area contributed by atoms with Crippen LogP contribution in [0.2, 0.25) is 0 Å². The van der Waals surface area contributed by atoms with Gasteiger partial charge in [0.2, 0.25) is 5.95 Å². The highest BCUT2D eigenvalue weighted by Crippen LogP contribution is 2.23. The van der Waals surface area contributed by atoms with Gasteiger partial charge in [-0.1, -0.05) is 6.92 Å². The number of nitrogens with zero attached hydrogens (tertiary/aromatic N) is 4. The maximum absolute atomic E-state index is 5.70. The Morgan fingerprint density at radius 1 is 1.38 bits per heavy atom. The zero-order chi connectivity index (χ0) is 16.9. The fourth-order valence-electron chi connectivity index (χ4n) is 3.12. The van der Waals surface area contributed by atoms with E-state index in [0.717, 1.165) is 31.2 Å². The molecule has 130 valence electrons. The Morgan fingerprint density at radius 2 is 2.25 bits per heavy atom. The van der Waals surface area contributed by atoms with Gasteiger partial charge in [-0.2, -0.15) is 4.98 Å². The summed E-state index contributed by atoms with van der Waals surface area (Å²) in [5.74, 6) is 2.50. The molecule has 1 aliphatic rings. The predicted octanol–water partition coefficient (Wildman–Crippen LogP) is 1.19. The van der Waals surface area contributed by atoms with Crippen LogP contribution in [0.15, 0.2) is 24.7 Å². The van der Waals surface area contributed by atoms with Crippen molar-refractivity contribution in [1.29, 1.82) is 0 Å². The number of H-pyrrole nitrogens is 1. The first-order valence-corrected chi connectivity index (χ1v) is 8.29. The molecule has 0 spiro atoms. The minimum absolute atomic E-state index is 0.0991. The SMILES string of the molecule is CCC(N[C@@H]1CN(c2ccnc(NC)n2)C[C@@H]1OC)c1ncc[nH]1. The molecule has 1 fully saturated rings. The van der Waals surface area contributed by atoms with Crippen LogP contribution in [-0.4, -0.2) is 59.3 Å². The first-order chi connectivity index (χ1) is 11.7. The lowest BCUT2D eigenvalue weighted by Crippen LogP contribution is -2.42. The minimum Gasteiger partial charge on any atom is -0.378 e. The van der Waals surface area contributed by atoms with Gasteiger partial charge < -0.3 is 25.3 Å². The summed E-state index contributed by atoms with van der Waals surface area (Å²) < 4.78 is 5.70. The smallest absolute Gasteiger partial charge is 0.224 e. The Morgan fingerprint density at radius 3 is 2.92 bits per heavy atom. The summed E-state index contributed by atoms with van der Waals surface area (Å²) >= 11 is 0. The van der Waals surface area contributed by atoms with Gasteiger partial charge >= 0.3 is 0 Å². The van der Waals surface area contributed by atoms with E-state index >= 15 is 0 Å². The van der Waals surface area contributed by atoms with Gasteiger partial charge in [-0.15, -0.1) is 0 Å². The average Bonchev–Trinajstić information content (AvgIpc) is 3.29. The summed E-state index contributed by atoms with van der Waals surface area (Å²) in [6.45, 7) is 3.77. The molecule has 0 bridgehead atoms. The van der Waals surface area contributed by atoms with E-state index in [9.17, 15) is 0 Å². The molecule has 3 rings (SSSR count). The molecule has 0 aliphatic carbocycles. The highest BCUT2D eigenvalue weighted by molar-refractivity contribution is 5.44. The Hall–Kier alpha value is -2.19. The van der Waals surface area contributed by atoms with Gasteiger partial charge in [-0.25, -0.2) is 9.97 Å². The van der Waals surface area contributed by atoms with Crippen molar-refractivity contribution in [3.63, 3.8) is 0 Å². The first-order valence-electron chi connectivity index (χ1n) is 8.29. The van der Waals surface area contributed by atoms with Crippen LogP contribution < -0.4 is 15.5 Å². The molecule has 2 aromatic rings. The van der Waals surface area contributed by atoms with E-state index in [0.29, 0.717) is 5.95 Å². The molecule has 1 saturated heterocycles. The van der Waals surface area contributed by atoms with E-state index in [1.54, 1.807) is 19.5 Å². The lowest BCUT2D eigenvalue weighted by Gasteiger charge is -2.23. The van der Waals surface area contributed by atoms with Gasteiger partial charge in [0.05, 0.1) is 18.2 Å². The van der Waals surface area contributed by atoms with Crippen molar-refractivity contribution in [2.24, 2.45) is 0 Å². The number of hydrogen-bond acceptors (Lipinski definition) is 7. The molecule has 8 nitrogen and oxygen atoms in total. The van der Waals surface area contributed by atoms with Crippen LogP contribution in [0.1, 0.15) is 25.2 Å². The number of rotatable bonds is 7. The normalized spacial score (nSPS) is 21.9. The van der Waals surface area contributed by atoms with Gasteiger partial charge in [0.25, 0.3) is 0 Å². The quantitative estimate of drug-likeness (QED) is 0.702. The largest absolute Gasteiger partial charge is 0.378 e. The Labute approximate surface area is 142 Å². The van der Waals surface area contributed by atoms with E-state index in [1.807, 2.05) is 19.3 Å². The summed E-state index contributed by atoms with van der Waals surface area (Å²) in [5, 5.41) is 6.66. The van der Waals surface area contributed by atoms with Gasteiger partial charge in [0.1, 0.15) is 11.6 Å². The van der Waals surface area contributed by atoms with E-state index in [1.165, 1.54) is 0 Å². The lowest BCUT2D eigenvalue weighted by atomic mass is 10.1. The number of ether oxygens (including phenoxy) is 1. The van der Waals surface area contributed by atoms with Crippen LogP contribution in [0.5, 0.6) is 0 Å². The second-order valence-electron chi connectivity index (χ2n) is 5.88. The van der Waals surface area contributed by atoms with E-state index < -0.39 is 0 Å².